The average Bonchev–Trinajstić information content (AvgIpc) is 2.97. The summed E-state index contributed by atoms with van der Waals surface area (Å²) in [6.07, 6.45) is 0.902. The van der Waals surface area contributed by atoms with Crippen molar-refractivity contribution in [3.63, 3.8) is 0 Å². The number of amides is 1. The van der Waals surface area contributed by atoms with Crippen molar-refractivity contribution in [3.8, 4) is 0 Å². The monoisotopic (exact) mass is 303 g/mol. The minimum atomic E-state index is 0.0677. The van der Waals surface area contributed by atoms with Gasteiger partial charge in [-0.1, -0.05) is 30.0 Å². The van der Waals surface area contributed by atoms with Crippen molar-refractivity contribution in [3.05, 3.63) is 35.7 Å². The van der Waals surface area contributed by atoms with Crippen LogP contribution in [0.15, 0.2) is 29.4 Å². The SMILES string of the molecule is Cc1nnc(SCC(=O)N2c3ccccc3C[C@@H]2C)n1N. The first-order chi connectivity index (χ1) is 10.1. The Labute approximate surface area is 127 Å². The molecule has 3 rings (SSSR count). The van der Waals surface area contributed by atoms with Crippen LogP contribution in [0, 0.1) is 6.92 Å². The molecule has 0 fully saturated rings. The summed E-state index contributed by atoms with van der Waals surface area (Å²) in [6, 6.07) is 8.23. The Morgan fingerprint density at radius 3 is 2.90 bits per heavy atom. The van der Waals surface area contributed by atoms with Crippen LogP contribution in [0.4, 0.5) is 5.69 Å². The maximum Gasteiger partial charge on any atom is 0.237 e. The van der Waals surface area contributed by atoms with Gasteiger partial charge in [0.05, 0.1) is 5.75 Å². The van der Waals surface area contributed by atoms with Crippen LogP contribution in [-0.4, -0.2) is 32.6 Å². The summed E-state index contributed by atoms with van der Waals surface area (Å²) in [5.41, 5.74) is 2.24. The van der Waals surface area contributed by atoms with Crippen LogP contribution >= 0.6 is 11.8 Å². The lowest BCUT2D eigenvalue weighted by atomic mass is 10.1. The smallest absolute Gasteiger partial charge is 0.237 e. The van der Waals surface area contributed by atoms with Crippen LogP contribution in [0.3, 0.4) is 0 Å². The zero-order chi connectivity index (χ0) is 15.0. The van der Waals surface area contributed by atoms with Gasteiger partial charge < -0.3 is 10.7 Å². The summed E-state index contributed by atoms with van der Waals surface area (Å²) in [7, 11) is 0. The molecule has 2 aromatic rings. The van der Waals surface area contributed by atoms with Gasteiger partial charge in [-0.3, -0.25) is 4.79 Å². The van der Waals surface area contributed by atoms with Gasteiger partial charge in [0.1, 0.15) is 5.82 Å². The number of nitrogens with two attached hydrogens (primary N) is 1. The Hall–Kier alpha value is -2.02. The molecule has 2 heterocycles. The number of carbonyl (C=O) groups is 1. The highest BCUT2D eigenvalue weighted by atomic mass is 32.2. The second kappa shape index (κ2) is 5.40. The maximum atomic E-state index is 12.5. The average molecular weight is 303 g/mol. The molecule has 2 N–H and O–H groups in total. The highest BCUT2D eigenvalue weighted by Gasteiger charge is 2.30. The fourth-order valence-electron chi connectivity index (χ4n) is 2.59. The van der Waals surface area contributed by atoms with E-state index in [0.717, 1.165) is 12.1 Å². The van der Waals surface area contributed by atoms with Crippen molar-refractivity contribution in [2.75, 3.05) is 16.5 Å². The summed E-state index contributed by atoms with van der Waals surface area (Å²) in [4.78, 5) is 14.4. The zero-order valence-electron chi connectivity index (χ0n) is 12.0. The van der Waals surface area contributed by atoms with Crippen molar-refractivity contribution in [1.82, 2.24) is 14.9 Å². The lowest BCUT2D eigenvalue weighted by Gasteiger charge is -2.22. The van der Waals surface area contributed by atoms with E-state index in [9.17, 15) is 4.79 Å². The fraction of sp³-hybridized carbons (Fsp3) is 0.357. The Kier molecular flexibility index (Phi) is 3.59. The minimum absolute atomic E-state index is 0.0677. The van der Waals surface area contributed by atoms with Crippen LogP contribution in [0.2, 0.25) is 0 Å². The van der Waals surface area contributed by atoms with Crippen molar-refractivity contribution in [1.29, 1.82) is 0 Å². The second-order valence-electron chi connectivity index (χ2n) is 5.13. The van der Waals surface area contributed by atoms with Gasteiger partial charge in [0.25, 0.3) is 0 Å². The minimum Gasteiger partial charge on any atom is -0.336 e. The van der Waals surface area contributed by atoms with E-state index in [2.05, 4.69) is 23.2 Å². The summed E-state index contributed by atoms with van der Waals surface area (Å²) < 4.78 is 1.40. The summed E-state index contributed by atoms with van der Waals surface area (Å²) in [5.74, 6) is 6.79. The van der Waals surface area contributed by atoms with Crippen molar-refractivity contribution < 1.29 is 4.79 Å². The normalized spacial score (nSPS) is 17.0. The number of rotatable bonds is 3. The topological polar surface area (TPSA) is 77.0 Å². The van der Waals surface area contributed by atoms with Gasteiger partial charge in [0, 0.05) is 11.7 Å². The number of nitrogens with zero attached hydrogens (tertiary/aromatic N) is 4. The molecule has 0 saturated heterocycles. The van der Waals surface area contributed by atoms with Crippen LogP contribution in [0.1, 0.15) is 18.3 Å². The number of nitrogen functional groups attached to an aromatic ring is 1. The largest absolute Gasteiger partial charge is 0.336 e. The molecule has 7 heteroatoms. The molecule has 1 atom stereocenters. The van der Waals surface area contributed by atoms with Gasteiger partial charge in [-0.05, 0) is 31.9 Å². The second-order valence-corrected chi connectivity index (χ2v) is 6.08. The fourth-order valence-corrected chi connectivity index (χ4v) is 3.35. The third kappa shape index (κ3) is 2.49. The molecular weight excluding hydrogens is 286 g/mol. The van der Waals surface area contributed by atoms with Crippen molar-refractivity contribution >= 4 is 23.4 Å². The summed E-state index contributed by atoms with van der Waals surface area (Å²) >= 11 is 1.31. The van der Waals surface area contributed by atoms with Crippen LogP contribution < -0.4 is 10.7 Å². The van der Waals surface area contributed by atoms with Crippen molar-refractivity contribution in [2.24, 2.45) is 0 Å². The molecule has 6 nitrogen and oxygen atoms in total. The molecule has 1 amide bonds. The molecular formula is C14H17N5OS. The molecule has 0 unspecified atom stereocenters. The zero-order valence-corrected chi connectivity index (χ0v) is 12.8. The van der Waals surface area contributed by atoms with Gasteiger partial charge in [-0.15, -0.1) is 10.2 Å². The third-order valence-electron chi connectivity index (χ3n) is 3.64. The summed E-state index contributed by atoms with van der Waals surface area (Å²) in [5, 5.41) is 8.40. The summed E-state index contributed by atoms with van der Waals surface area (Å²) in [6.45, 7) is 3.84. The molecule has 21 heavy (non-hydrogen) atoms. The molecule has 1 aromatic carbocycles. The number of aryl methyl sites for hydroxylation is 1. The van der Waals surface area contributed by atoms with E-state index in [-0.39, 0.29) is 11.9 Å². The number of aromatic nitrogens is 3. The van der Waals surface area contributed by atoms with Gasteiger partial charge >= 0.3 is 0 Å². The Morgan fingerprint density at radius 1 is 1.43 bits per heavy atom. The van der Waals surface area contributed by atoms with Crippen molar-refractivity contribution in [2.45, 2.75) is 31.5 Å². The van der Waals surface area contributed by atoms with Crippen LogP contribution in [0.25, 0.3) is 0 Å². The van der Waals surface area contributed by atoms with E-state index in [0.29, 0.717) is 16.7 Å². The molecule has 0 bridgehead atoms. The van der Waals surface area contributed by atoms with E-state index in [1.165, 1.54) is 22.0 Å². The van der Waals surface area contributed by atoms with Gasteiger partial charge in [-0.2, -0.15) is 0 Å². The predicted octanol–water partition coefficient (Wildman–Crippen LogP) is 1.37. The quantitative estimate of drug-likeness (QED) is 0.684. The highest BCUT2D eigenvalue weighted by Crippen LogP contribution is 2.32. The Morgan fingerprint density at radius 2 is 2.19 bits per heavy atom. The molecule has 0 spiro atoms. The number of hydrogen-bond donors (Lipinski definition) is 1. The first-order valence-electron chi connectivity index (χ1n) is 6.78. The Bertz CT molecular complexity index is 684. The maximum absolute atomic E-state index is 12.5. The number of benzene rings is 1. The van der Waals surface area contributed by atoms with E-state index < -0.39 is 0 Å². The molecule has 0 saturated carbocycles. The molecule has 1 aromatic heterocycles. The van der Waals surface area contributed by atoms with E-state index in [1.54, 1.807) is 6.92 Å². The number of thioether (sulfide) groups is 1. The molecule has 1 aliphatic heterocycles. The lowest BCUT2D eigenvalue weighted by Crippen LogP contribution is -2.37. The molecule has 0 aliphatic carbocycles. The number of carbonyl (C=O) groups excluding carboxylic acids is 1. The number of anilines is 1. The number of hydrogen-bond acceptors (Lipinski definition) is 5. The lowest BCUT2D eigenvalue weighted by molar-refractivity contribution is -0.116. The molecule has 1 aliphatic rings. The van der Waals surface area contributed by atoms with E-state index >= 15 is 0 Å². The van der Waals surface area contributed by atoms with Gasteiger partial charge in [0.2, 0.25) is 11.1 Å². The first-order valence-corrected chi connectivity index (χ1v) is 7.76. The van der Waals surface area contributed by atoms with Gasteiger partial charge in [-0.25, -0.2) is 4.68 Å². The third-order valence-corrected chi connectivity index (χ3v) is 4.56. The molecule has 110 valence electrons. The van der Waals surface area contributed by atoms with E-state index in [4.69, 9.17) is 5.84 Å². The standard InChI is InChI=1S/C14H17N5OS/c1-9-7-11-5-3-4-6-12(11)18(9)13(20)8-21-14-17-16-10(2)19(14)15/h3-6,9H,7-8,15H2,1-2H3/t9-/m0/s1. The van der Waals surface area contributed by atoms with Gasteiger partial charge in [0.15, 0.2) is 0 Å². The highest BCUT2D eigenvalue weighted by molar-refractivity contribution is 7.99. The van der Waals surface area contributed by atoms with Crippen LogP contribution in [0.5, 0.6) is 0 Å². The number of fused-ring (bicyclic) bond motifs is 1. The number of para-hydroxylation sites is 1. The van der Waals surface area contributed by atoms with Crippen LogP contribution in [-0.2, 0) is 11.2 Å². The first kappa shape index (κ1) is 13.9. The Balaban J connectivity index is 1.73. The van der Waals surface area contributed by atoms with E-state index in [1.807, 2.05) is 23.1 Å². The predicted molar refractivity (Wildman–Crippen MR) is 82.7 cm³/mol. The molecule has 0 radical (unpaired) electrons.